The molecule has 0 aliphatic rings. The van der Waals surface area contributed by atoms with Gasteiger partial charge in [-0.1, -0.05) is 24.3 Å². The van der Waals surface area contributed by atoms with Crippen molar-refractivity contribution in [3.63, 3.8) is 0 Å². The molecule has 1 aromatic rings. The maximum absolute atomic E-state index is 12.1. The molecule has 0 bridgehead atoms. The SMILES string of the molecule is O=C(O)Cc1ccccc1CNS(=O)(=O)C(F)F. The number of halogens is 2. The highest BCUT2D eigenvalue weighted by Gasteiger charge is 2.23. The predicted octanol–water partition coefficient (Wildman–Crippen LogP) is 0.956. The molecular formula is C10H11F2NO4S. The van der Waals surface area contributed by atoms with E-state index in [0.29, 0.717) is 11.1 Å². The van der Waals surface area contributed by atoms with Crippen LogP contribution in [0, 0.1) is 0 Å². The van der Waals surface area contributed by atoms with E-state index < -0.39 is 21.8 Å². The van der Waals surface area contributed by atoms with E-state index in [9.17, 15) is 22.0 Å². The van der Waals surface area contributed by atoms with Crippen LogP contribution in [0.15, 0.2) is 24.3 Å². The molecule has 0 saturated carbocycles. The average Bonchev–Trinajstić information content (AvgIpc) is 2.27. The van der Waals surface area contributed by atoms with Crippen molar-refractivity contribution in [2.24, 2.45) is 0 Å². The monoisotopic (exact) mass is 279 g/mol. The summed E-state index contributed by atoms with van der Waals surface area (Å²) in [7, 11) is -4.67. The van der Waals surface area contributed by atoms with E-state index in [2.05, 4.69) is 0 Å². The highest BCUT2D eigenvalue weighted by molar-refractivity contribution is 7.89. The molecule has 0 amide bonds. The Bertz CT molecular complexity index is 530. The fraction of sp³-hybridized carbons (Fsp3) is 0.300. The van der Waals surface area contributed by atoms with Crippen LogP contribution in [0.2, 0.25) is 0 Å². The Balaban J connectivity index is 2.82. The number of nitrogens with one attached hydrogen (secondary N) is 1. The molecule has 1 aromatic carbocycles. The summed E-state index contributed by atoms with van der Waals surface area (Å²) in [4.78, 5) is 10.6. The van der Waals surface area contributed by atoms with Gasteiger partial charge in [0.1, 0.15) is 0 Å². The Labute approximate surface area is 102 Å². The Morgan fingerprint density at radius 3 is 2.33 bits per heavy atom. The largest absolute Gasteiger partial charge is 0.481 e. The number of rotatable bonds is 6. The molecule has 0 heterocycles. The van der Waals surface area contributed by atoms with Crippen LogP contribution in [0.3, 0.4) is 0 Å². The van der Waals surface area contributed by atoms with Crippen LogP contribution in [0.1, 0.15) is 11.1 Å². The van der Waals surface area contributed by atoms with Crippen molar-refractivity contribution in [1.82, 2.24) is 4.72 Å². The van der Waals surface area contributed by atoms with Gasteiger partial charge < -0.3 is 5.11 Å². The Morgan fingerprint density at radius 2 is 1.83 bits per heavy atom. The molecule has 0 fully saturated rings. The van der Waals surface area contributed by atoms with Gasteiger partial charge in [-0.25, -0.2) is 13.1 Å². The van der Waals surface area contributed by atoms with Gasteiger partial charge in [0.15, 0.2) is 0 Å². The van der Waals surface area contributed by atoms with Crippen LogP contribution < -0.4 is 4.72 Å². The van der Waals surface area contributed by atoms with Crippen LogP contribution in [0.5, 0.6) is 0 Å². The molecule has 18 heavy (non-hydrogen) atoms. The summed E-state index contributed by atoms with van der Waals surface area (Å²) in [5, 5.41) is 8.65. The Hall–Kier alpha value is -1.54. The van der Waals surface area contributed by atoms with Crippen molar-refractivity contribution >= 4 is 16.0 Å². The second-order valence-corrected chi connectivity index (χ2v) is 5.20. The molecule has 0 aromatic heterocycles. The quantitative estimate of drug-likeness (QED) is 0.812. The predicted molar refractivity (Wildman–Crippen MR) is 59.5 cm³/mol. The molecular weight excluding hydrogens is 268 g/mol. The molecule has 0 aliphatic heterocycles. The normalized spacial score (nSPS) is 11.7. The van der Waals surface area contributed by atoms with Crippen molar-refractivity contribution in [3.05, 3.63) is 35.4 Å². The number of carboxylic acids is 1. The minimum absolute atomic E-state index is 0.299. The maximum atomic E-state index is 12.1. The molecule has 5 nitrogen and oxygen atoms in total. The highest BCUT2D eigenvalue weighted by Crippen LogP contribution is 2.11. The first-order valence-corrected chi connectivity index (χ1v) is 6.43. The highest BCUT2D eigenvalue weighted by atomic mass is 32.2. The lowest BCUT2D eigenvalue weighted by Crippen LogP contribution is -2.29. The summed E-state index contributed by atoms with van der Waals surface area (Å²) in [6.45, 7) is -0.365. The Kier molecular flexibility index (Phi) is 4.74. The second kappa shape index (κ2) is 5.87. The summed E-state index contributed by atoms with van der Waals surface area (Å²) in [5.74, 6) is -4.59. The van der Waals surface area contributed by atoms with Gasteiger partial charge in [-0.15, -0.1) is 0 Å². The minimum atomic E-state index is -4.67. The van der Waals surface area contributed by atoms with E-state index in [0.717, 1.165) is 0 Å². The van der Waals surface area contributed by atoms with E-state index in [-0.39, 0.29) is 13.0 Å². The van der Waals surface area contributed by atoms with E-state index in [4.69, 9.17) is 5.11 Å². The van der Waals surface area contributed by atoms with Crippen LogP contribution in [-0.4, -0.2) is 25.3 Å². The summed E-state index contributed by atoms with van der Waals surface area (Å²) < 4.78 is 47.6. The molecule has 8 heteroatoms. The number of sulfonamides is 1. The van der Waals surface area contributed by atoms with Crippen LogP contribution in [-0.2, 0) is 27.8 Å². The lowest BCUT2D eigenvalue weighted by Gasteiger charge is -2.09. The third kappa shape index (κ3) is 4.04. The summed E-state index contributed by atoms with van der Waals surface area (Å²) in [6, 6.07) is 6.13. The smallest absolute Gasteiger partial charge is 0.350 e. The number of hydrogen-bond acceptors (Lipinski definition) is 3. The number of aliphatic carboxylic acids is 1. The number of benzene rings is 1. The summed E-state index contributed by atoms with van der Waals surface area (Å²) in [6.07, 6.45) is -0.299. The molecule has 100 valence electrons. The van der Waals surface area contributed by atoms with Crippen LogP contribution in [0.4, 0.5) is 8.78 Å². The topological polar surface area (TPSA) is 83.5 Å². The fourth-order valence-electron chi connectivity index (χ4n) is 1.31. The van der Waals surface area contributed by atoms with E-state index in [1.54, 1.807) is 16.9 Å². The number of hydrogen-bond donors (Lipinski definition) is 2. The molecule has 0 saturated heterocycles. The van der Waals surface area contributed by atoms with Gasteiger partial charge in [0.25, 0.3) is 10.0 Å². The zero-order valence-corrected chi connectivity index (χ0v) is 9.95. The van der Waals surface area contributed by atoms with Crippen molar-refractivity contribution in [1.29, 1.82) is 0 Å². The van der Waals surface area contributed by atoms with Gasteiger partial charge in [0.2, 0.25) is 0 Å². The number of alkyl halides is 2. The summed E-state index contributed by atoms with van der Waals surface area (Å²) in [5.41, 5.74) is 0.728. The molecule has 0 atom stereocenters. The lowest BCUT2D eigenvalue weighted by molar-refractivity contribution is -0.136. The van der Waals surface area contributed by atoms with Gasteiger partial charge in [-0.2, -0.15) is 8.78 Å². The van der Waals surface area contributed by atoms with Gasteiger partial charge >= 0.3 is 11.7 Å². The van der Waals surface area contributed by atoms with Gasteiger partial charge in [-0.3, -0.25) is 4.79 Å². The van der Waals surface area contributed by atoms with Crippen molar-refractivity contribution in [2.75, 3.05) is 0 Å². The Morgan fingerprint density at radius 1 is 1.28 bits per heavy atom. The first kappa shape index (κ1) is 14.5. The van der Waals surface area contributed by atoms with Crippen molar-refractivity contribution in [2.45, 2.75) is 18.7 Å². The molecule has 1 rings (SSSR count). The molecule has 0 spiro atoms. The minimum Gasteiger partial charge on any atom is -0.481 e. The summed E-state index contributed by atoms with van der Waals surface area (Å²) >= 11 is 0. The van der Waals surface area contributed by atoms with E-state index in [1.807, 2.05) is 0 Å². The first-order valence-electron chi connectivity index (χ1n) is 4.88. The molecule has 0 radical (unpaired) electrons. The van der Waals surface area contributed by atoms with Gasteiger partial charge in [0.05, 0.1) is 6.42 Å². The molecule has 0 unspecified atom stereocenters. The zero-order valence-electron chi connectivity index (χ0n) is 9.14. The van der Waals surface area contributed by atoms with Crippen molar-refractivity contribution < 1.29 is 27.1 Å². The number of carbonyl (C=O) groups is 1. The average molecular weight is 279 g/mol. The standard InChI is InChI=1S/C10H11F2NO4S/c11-10(12)18(16,17)13-6-8-4-2-1-3-7(8)5-9(14)15/h1-4,10,13H,5-6H2,(H,14,15). The lowest BCUT2D eigenvalue weighted by atomic mass is 10.1. The van der Waals surface area contributed by atoms with Gasteiger partial charge in [0, 0.05) is 6.54 Å². The number of carboxylic acid groups (broad SMARTS) is 1. The van der Waals surface area contributed by atoms with Crippen molar-refractivity contribution in [3.8, 4) is 0 Å². The third-order valence-corrected chi connectivity index (χ3v) is 3.17. The third-order valence-electron chi connectivity index (χ3n) is 2.16. The van der Waals surface area contributed by atoms with E-state index >= 15 is 0 Å². The molecule has 2 N–H and O–H groups in total. The van der Waals surface area contributed by atoms with Crippen LogP contribution in [0.25, 0.3) is 0 Å². The van der Waals surface area contributed by atoms with Crippen LogP contribution >= 0.6 is 0 Å². The first-order chi connectivity index (χ1) is 8.33. The van der Waals surface area contributed by atoms with Gasteiger partial charge in [-0.05, 0) is 11.1 Å². The second-order valence-electron chi connectivity index (χ2n) is 3.47. The molecule has 0 aliphatic carbocycles. The zero-order chi connectivity index (χ0) is 13.8. The van der Waals surface area contributed by atoms with E-state index in [1.165, 1.54) is 12.1 Å². The maximum Gasteiger partial charge on any atom is 0.350 e. The fourth-order valence-corrected chi connectivity index (χ4v) is 1.79.